The van der Waals surface area contributed by atoms with Crippen LogP contribution in [0.3, 0.4) is 0 Å². The molecule has 21 heavy (non-hydrogen) atoms. The number of sulfonamides is 1. The molecule has 0 bridgehead atoms. The monoisotopic (exact) mass is 302 g/mol. The molecule has 6 nitrogen and oxygen atoms in total. The van der Waals surface area contributed by atoms with E-state index < -0.39 is 10.0 Å². The third-order valence-electron chi connectivity index (χ3n) is 2.91. The number of benzene rings is 1. The molecule has 2 aromatic rings. The van der Waals surface area contributed by atoms with Crippen molar-refractivity contribution in [3.63, 3.8) is 0 Å². The van der Waals surface area contributed by atoms with Crippen molar-refractivity contribution in [2.75, 3.05) is 16.6 Å². The number of nitriles is 1. The van der Waals surface area contributed by atoms with E-state index in [0.717, 1.165) is 0 Å². The quantitative estimate of drug-likeness (QED) is 0.867. The molecule has 1 aromatic heterocycles. The van der Waals surface area contributed by atoms with Gasteiger partial charge in [-0.15, -0.1) is 0 Å². The van der Waals surface area contributed by atoms with E-state index in [-0.39, 0.29) is 17.1 Å². The van der Waals surface area contributed by atoms with Gasteiger partial charge in [-0.1, -0.05) is 0 Å². The molecule has 0 saturated carbocycles. The molecule has 2 rings (SSSR count). The van der Waals surface area contributed by atoms with Gasteiger partial charge in [0.05, 0.1) is 5.69 Å². The smallest absolute Gasteiger partial charge is 0.267 e. The predicted octanol–water partition coefficient (Wildman–Crippen LogP) is 1.75. The number of nitrogen functional groups attached to an aromatic ring is 1. The Morgan fingerprint density at radius 3 is 2.52 bits per heavy atom. The van der Waals surface area contributed by atoms with Gasteiger partial charge in [-0.25, -0.2) is 13.4 Å². The van der Waals surface area contributed by atoms with Gasteiger partial charge in [0.15, 0.2) is 5.69 Å². The van der Waals surface area contributed by atoms with Crippen molar-refractivity contribution in [3.8, 4) is 6.07 Å². The fraction of sp³-hybridized carbons (Fsp3) is 0.143. The molecule has 1 aromatic carbocycles. The highest BCUT2D eigenvalue weighted by molar-refractivity contribution is 7.92. The van der Waals surface area contributed by atoms with E-state index in [4.69, 9.17) is 11.0 Å². The minimum absolute atomic E-state index is 0.105. The minimum atomic E-state index is -3.85. The summed E-state index contributed by atoms with van der Waals surface area (Å²) < 4.78 is 26.7. The molecular formula is C14H14N4O2S. The molecular weight excluding hydrogens is 288 g/mol. The number of pyridine rings is 1. The summed E-state index contributed by atoms with van der Waals surface area (Å²) in [5.41, 5.74) is 6.53. The standard InChI is InChI=1S/C14H14N4O2S/c1-2-18(12-7-5-11(16)6-8-12)21(19,20)14-4-3-9-17-13(14)10-15/h3-9H,2,16H2,1H3. The van der Waals surface area contributed by atoms with Gasteiger partial charge in [-0.2, -0.15) is 5.26 Å². The molecule has 0 aliphatic carbocycles. The van der Waals surface area contributed by atoms with E-state index in [1.54, 1.807) is 37.3 Å². The van der Waals surface area contributed by atoms with E-state index >= 15 is 0 Å². The summed E-state index contributed by atoms with van der Waals surface area (Å²) in [6.07, 6.45) is 1.39. The molecule has 0 radical (unpaired) electrons. The summed E-state index contributed by atoms with van der Waals surface area (Å²) in [6.45, 7) is 1.95. The largest absolute Gasteiger partial charge is 0.399 e. The van der Waals surface area contributed by atoms with Crippen molar-refractivity contribution in [1.82, 2.24) is 4.98 Å². The molecule has 0 fully saturated rings. The first-order valence-corrected chi connectivity index (χ1v) is 7.68. The average Bonchev–Trinajstić information content (AvgIpc) is 2.49. The first kappa shape index (κ1) is 14.8. The van der Waals surface area contributed by atoms with Crippen LogP contribution in [0.25, 0.3) is 0 Å². The number of aromatic nitrogens is 1. The van der Waals surface area contributed by atoms with E-state index in [9.17, 15) is 8.42 Å². The molecule has 7 heteroatoms. The Kier molecular flexibility index (Phi) is 4.10. The maximum atomic E-state index is 12.7. The zero-order valence-corrected chi connectivity index (χ0v) is 12.2. The van der Waals surface area contributed by atoms with E-state index in [1.165, 1.54) is 22.6 Å². The van der Waals surface area contributed by atoms with Crippen LogP contribution < -0.4 is 10.0 Å². The van der Waals surface area contributed by atoms with Gasteiger partial charge in [0, 0.05) is 18.4 Å². The van der Waals surface area contributed by atoms with Crippen LogP contribution in [0, 0.1) is 11.3 Å². The Labute approximate surface area is 123 Å². The lowest BCUT2D eigenvalue weighted by molar-refractivity contribution is 0.591. The molecule has 0 unspecified atom stereocenters. The summed E-state index contributed by atoms with van der Waals surface area (Å²) in [4.78, 5) is 3.70. The third-order valence-corrected chi connectivity index (χ3v) is 4.85. The van der Waals surface area contributed by atoms with Crippen molar-refractivity contribution >= 4 is 21.4 Å². The minimum Gasteiger partial charge on any atom is -0.399 e. The molecule has 0 amide bonds. The Hall–Kier alpha value is -2.59. The number of hydrogen-bond acceptors (Lipinski definition) is 5. The predicted molar refractivity (Wildman–Crippen MR) is 80.0 cm³/mol. The summed E-state index contributed by atoms with van der Waals surface area (Å²) in [6, 6.07) is 11.2. The van der Waals surface area contributed by atoms with Crippen molar-refractivity contribution in [2.45, 2.75) is 11.8 Å². The zero-order valence-electron chi connectivity index (χ0n) is 11.4. The Morgan fingerprint density at radius 2 is 1.95 bits per heavy atom. The lowest BCUT2D eigenvalue weighted by Gasteiger charge is -2.23. The van der Waals surface area contributed by atoms with Crippen LogP contribution in [0.1, 0.15) is 12.6 Å². The number of nitrogens with two attached hydrogens (primary N) is 1. The molecule has 0 aliphatic rings. The number of rotatable bonds is 4. The number of nitrogens with zero attached hydrogens (tertiary/aromatic N) is 3. The molecule has 0 spiro atoms. The maximum absolute atomic E-state index is 12.7. The zero-order chi connectivity index (χ0) is 15.5. The normalized spacial score (nSPS) is 10.9. The lowest BCUT2D eigenvalue weighted by Crippen LogP contribution is -2.31. The SMILES string of the molecule is CCN(c1ccc(N)cc1)S(=O)(=O)c1cccnc1C#N. The Morgan fingerprint density at radius 1 is 1.29 bits per heavy atom. The van der Waals surface area contributed by atoms with Crippen LogP contribution in [-0.2, 0) is 10.0 Å². The number of hydrogen-bond donors (Lipinski definition) is 1. The van der Waals surface area contributed by atoms with Crippen LogP contribution in [0.2, 0.25) is 0 Å². The van der Waals surface area contributed by atoms with Crippen LogP contribution >= 0.6 is 0 Å². The Balaban J connectivity index is 2.55. The van der Waals surface area contributed by atoms with Crippen LogP contribution in [0.5, 0.6) is 0 Å². The van der Waals surface area contributed by atoms with Gasteiger partial charge >= 0.3 is 0 Å². The second kappa shape index (κ2) is 5.81. The van der Waals surface area contributed by atoms with E-state index in [0.29, 0.717) is 11.4 Å². The fourth-order valence-corrected chi connectivity index (χ4v) is 3.50. The fourth-order valence-electron chi connectivity index (χ4n) is 1.93. The molecule has 0 saturated heterocycles. The number of anilines is 2. The van der Waals surface area contributed by atoms with Crippen molar-refractivity contribution in [3.05, 3.63) is 48.3 Å². The van der Waals surface area contributed by atoms with Gasteiger partial charge < -0.3 is 5.73 Å². The van der Waals surface area contributed by atoms with Crippen LogP contribution in [-0.4, -0.2) is 19.9 Å². The van der Waals surface area contributed by atoms with Gasteiger partial charge in [0.1, 0.15) is 11.0 Å². The van der Waals surface area contributed by atoms with E-state index in [2.05, 4.69) is 4.98 Å². The molecule has 1 heterocycles. The summed E-state index contributed by atoms with van der Waals surface area (Å²) >= 11 is 0. The topological polar surface area (TPSA) is 100 Å². The van der Waals surface area contributed by atoms with E-state index in [1.807, 2.05) is 0 Å². The van der Waals surface area contributed by atoms with Gasteiger partial charge in [-0.3, -0.25) is 4.31 Å². The third kappa shape index (κ3) is 2.80. The Bertz CT molecular complexity index is 779. The first-order valence-electron chi connectivity index (χ1n) is 6.24. The molecule has 2 N–H and O–H groups in total. The van der Waals surface area contributed by atoms with Crippen molar-refractivity contribution in [1.29, 1.82) is 5.26 Å². The summed E-state index contributed by atoms with van der Waals surface area (Å²) in [5, 5.41) is 9.03. The highest BCUT2D eigenvalue weighted by atomic mass is 32.2. The molecule has 0 aliphatic heterocycles. The maximum Gasteiger partial charge on any atom is 0.267 e. The van der Waals surface area contributed by atoms with Gasteiger partial charge in [0.2, 0.25) is 0 Å². The highest BCUT2D eigenvalue weighted by Gasteiger charge is 2.26. The van der Waals surface area contributed by atoms with Crippen LogP contribution in [0.15, 0.2) is 47.5 Å². The summed E-state index contributed by atoms with van der Waals surface area (Å²) in [7, 11) is -3.85. The molecule has 108 valence electrons. The highest BCUT2D eigenvalue weighted by Crippen LogP contribution is 2.25. The second-order valence-electron chi connectivity index (χ2n) is 4.22. The van der Waals surface area contributed by atoms with Crippen LogP contribution in [0.4, 0.5) is 11.4 Å². The average molecular weight is 302 g/mol. The second-order valence-corrected chi connectivity index (χ2v) is 6.05. The molecule has 0 atom stereocenters. The summed E-state index contributed by atoms with van der Waals surface area (Å²) in [5.74, 6) is 0. The van der Waals surface area contributed by atoms with Gasteiger partial charge in [0.25, 0.3) is 10.0 Å². The van der Waals surface area contributed by atoms with Crippen molar-refractivity contribution < 1.29 is 8.42 Å². The van der Waals surface area contributed by atoms with Gasteiger partial charge in [-0.05, 0) is 43.3 Å². The lowest BCUT2D eigenvalue weighted by atomic mass is 10.3. The van der Waals surface area contributed by atoms with Crippen molar-refractivity contribution in [2.24, 2.45) is 0 Å². The first-order chi connectivity index (χ1) is 10.0.